The summed E-state index contributed by atoms with van der Waals surface area (Å²) in [5.41, 5.74) is 4.13. The van der Waals surface area contributed by atoms with Gasteiger partial charge in [0.15, 0.2) is 0 Å². The van der Waals surface area contributed by atoms with Gasteiger partial charge in [-0.3, -0.25) is 0 Å². The van der Waals surface area contributed by atoms with Crippen LogP contribution in [0.5, 0.6) is 0 Å². The molecule has 2 aliphatic heterocycles. The number of cyclic esters (lactones) is 1. The van der Waals surface area contributed by atoms with Gasteiger partial charge < -0.3 is 19.1 Å². The molecule has 1 unspecified atom stereocenters. The molecule has 0 bridgehead atoms. The van der Waals surface area contributed by atoms with Gasteiger partial charge >= 0.3 is 12.1 Å². The minimum absolute atomic E-state index is 0.199. The van der Waals surface area contributed by atoms with E-state index in [4.69, 9.17) is 14.2 Å². The quantitative estimate of drug-likeness (QED) is 0.440. The summed E-state index contributed by atoms with van der Waals surface area (Å²) in [6, 6.07) is 18.1. The zero-order chi connectivity index (χ0) is 22.7. The summed E-state index contributed by atoms with van der Waals surface area (Å²) in [7, 11) is 1.84. The molecular formula is C25H25NO5S. The molecule has 6 nitrogen and oxygen atoms in total. The topological polar surface area (TPSA) is 65.1 Å². The second-order valence-electron chi connectivity index (χ2n) is 7.48. The molecular weight excluding hydrogens is 426 g/mol. The molecule has 0 saturated heterocycles. The summed E-state index contributed by atoms with van der Waals surface area (Å²) in [6.07, 6.45) is -0.787. The van der Waals surface area contributed by atoms with Crippen molar-refractivity contribution in [1.29, 1.82) is 0 Å². The lowest BCUT2D eigenvalue weighted by molar-refractivity contribution is -0.136. The van der Waals surface area contributed by atoms with Crippen LogP contribution in [0.1, 0.15) is 30.9 Å². The van der Waals surface area contributed by atoms with E-state index < -0.39 is 18.0 Å². The highest BCUT2D eigenvalue weighted by Gasteiger charge is 2.43. The molecule has 0 saturated carbocycles. The van der Waals surface area contributed by atoms with Crippen molar-refractivity contribution >= 4 is 23.9 Å². The lowest BCUT2D eigenvalue weighted by atomic mass is 9.85. The first kappa shape index (κ1) is 22.0. The van der Waals surface area contributed by atoms with Crippen LogP contribution in [0.2, 0.25) is 0 Å². The van der Waals surface area contributed by atoms with E-state index in [0.717, 1.165) is 27.6 Å². The van der Waals surface area contributed by atoms with E-state index >= 15 is 0 Å². The van der Waals surface area contributed by atoms with Crippen molar-refractivity contribution in [2.45, 2.75) is 30.4 Å². The SMILES string of the molecule is CCOC(=O)OC1=C(C)N(C)C2=C(C(=O)OC2)C1c1ccccc1SCc1ccccc1. The zero-order valence-corrected chi connectivity index (χ0v) is 19.1. The molecule has 0 amide bonds. The minimum atomic E-state index is -0.787. The Morgan fingerprint density at radius 2 is 1.88 bits per heavy atom. The average Bonchev–Trinajstić information content (AvgIpc) is 3.19. The van der Waals surface area contributed by atoms with E-state index in [1.807, 2.05) is 61.3 Å². The van der Waals surface area contributed by atoms with Crippen molar-refractivity contribution in [3.05, 3.63) is 88.5 Å². The van der Waals surface area contributed by atoms with Crippen molar-refractivity contribution in [3.63, 3.8) is 0 Å². The van der Waals surface area contributed by atoms with Gasteiger partial charge in [0.1, 0.15) is 12.4 Å². The minimum Gasteiger partial charge on any atom is -0.456 e. The highest BCUT2D eigenvalue weighted by atomic mass is 32.2. The molecule has 7 heteroatoms. The lowest BCUT2D eigenvalue weighted by Crippen LogP contribution is -2.30. The van der Waals surface area contributed by atoms with Gasteiger partial charge in [-0.1, -0.05) is 48.5 Å². The number of carbonyl (C=O) groups excluding carboxylic acids is 2. The largest absolute Gasteiger partial charge is 0.513 e. The fraction of sp³-hybridized carbons (Fsp3) is 0.280. The molecule has 166 valence electrons. The molecule has 0 spiro atoms. The molecule has 4 rings (SSSR count). The molecule has 0 aromatic heterocycles. The number of hydrogen-bond acceptors (Lipinski definition) is 7. The van der Waals surface area contributed by atoms with Crippen LogP contribution < -0.4 is 0 Å². The number of allylic oxidation sites excluding steroid dienone is 2. The third-order valence-electron chi connectivity index (χ3n) is 5.61. The number of ether oxygens (including phenoxy) is 3. The first-order valence-electron chi connectivity index (χ1n) is 10.5. The van der Waals surface area contributed by atoms with Crippen molar-refractivity contribution in [2.24, 2.45) is 0 Å². The van der Waals surface area contributed by atoms with Crippen LogP contribution in [-0.4, -0.2) is 37.3 Å². The second-order valence-corrected chi connectivity index (χ2v) is 8.49. The summed E-state index contributed by atoms with van der Waals surface area (Å²) >= 11 is 1.68. The maximum absolute atomic E-state index is 12.8. The van der Waals surface area contributed by atoms with Gasteiger partial charge in [0.25, 0.3) is 0 Å². The number of esters is 1. The molecule has 2 aromatic rings. The Labute approximate surface area is 191 Å². The Bertz CT molecular complexity index is 1090. The zero-order valence-electron chi connectivity index (χ0n) is 18.3. The molecule has 0 radical (unpaired) electrons. The van der Waals surface area contributed by atoms with Crippen LogP contribution in [0.25, 0.3) is 0 Å². The smallest absolute Gasteiger partial charge is 0.456 e. The predicted molar refractivity (Wildman–Crippen MR) is 122 cm³/mol. The molecule has 0 N–H and O–H groups in total. The van der Waals surface area contributed by atoms with Gasteiger partial charge in [0, 0.05) is 17.7 Å². The number of thioether (sulfide) groups is 1. The van der Waals surface area contributed by atoms with Crippen molar-refractivity contribution in [3.8, 4) is 0 Å². The predicted octanol–water partition coefficient (Wildman–Crippen LogP) is 5.22. The summed E-state index contributed by atoms with van der Waals surface area (Å²) in [5, 5.41) is 0. The Kier molecular flexibility index (Phi) is 6.55. The summed E-state index contributed by atoms with van der Waals surface area (Å²) < 4.78 is 16.1. The fourth-order valence-electron chi connectivity index (χ4n) is 3.93. The highest BCUT2D eigenvalue weighted by Crippen LogP contribution is 2.47. The maximum Gasteiger partial charge on any atom is 0.513 e. The third kappa shape index (κ3) is 4.25. The molecule has 0 fully saturated rings. The summed E-state index contributed by atoms with van der Waals surface area (Å²) in [4.78, 5) is 27.9. The number of nitrogens with zero attached hydrogens (tertiary/aromatic N) is 1. The van der Waals surface area contributed by atoms with Crippen molar-refractivity contribution < 1.29 is 23.8 Å². The highest BCUT2D eigenvalue weighted by molar-refractivity contribution is 7.98. The molecule has 1 atom stereocenters. The molecule has 2 aromatic carbocycles. The standard InChI is InChI=1S/C25H25NO5S/c1-4-29-25(28)31-23-16(2)26(3)19-14-30-24(27)22(19)21(23)18-12-8-9-13-20(18)32-15-17-10-6-5-7-11-17/h5-13,21H,4,14-15H2,1-3H3. The van der Waals surface area contributed by atoms with E-state index in [1.165, 1.54) is 5.56 Å². The van der Waals surface area contributed by atoms with Crippen LogP contribution >= 0.6 is 11.8 Å². The number of benzene rings is 2. The van der Waals surface area contributed by atoms with E-state index in [-0.39, 0.29) is 13.2 Å². The van der Waals surface area contributed by atoms with Gasteiger partial charge in [-0.25, -0.2) is 9.59 Å². The van der Waals surface area contributed by atoms with Crippen LogP contribution in [-0.2, 0) is 24.8 Å². The number of carbonyl (C=O) groups is 2. The monoisotopic (exact) mass is 451 g/mol. The summed E-state index contributed by atoms with van der Waals surface area (Å²) in [6.45, 7) is 3.99. The van der Waals surface area contributed by atoms with E-state index in [0.29, 0.717) is 11.3 Å². The average molecular weight is 452 g/mol. The van der Waals surface area contributed by atoms with Crippen LogP contribution in [0.15, 0.2) is 82.2 Å². The normalized spacial score (nSPS) is 17.9. The number of likely N-dealkylation sites (N-methyl/N-ethyl adjacent to an activating group) is 1. The van der Waals surface area contributed by atoms with E-state index in [2.05, 4.69) is 12.1 Å². The molecule has 32 heavy (non-hydrogen) atoms. The van der Waals surface area contributed by atoms with E-state index in [1.54, 1.807) is 18.7 Å². The Hall–Kier alpha value is -3.19. The van der Waals surface area contributed by atoms with Gasteiger partial charge in [-0.2, -0.15) is 0 Å². The Morgan fingerprint density at radius 3 is 2.62 bits per heavy atom. The van der Waals surface area contributed by atoms with Crippen LogP contribution in [0, 0.1) is 0 Å². The first-order chi connectivity index (χ1) is 15.5. The van der Waals surface area contributed by atoms with Gasteiger partial charge in [-0.05, 0) is 31.0 Å². The van der Waals surface area contributed by atoms with E-state index in [9.17, 15) is 9.59 Å². The van der Waals surface area contributed by atoms with Gasteiger partial charge in [-0.15, -0.1) is 11.8 Å². The third-order valence-corrected chi connectivity index (χ3v) is 6.77. The lowest BCUT2D eigenvalue weighted by Gasteiger charge is -2.33. The molecule has 0 aliphatic carbocycles. The summed E-state index contributed by atoms with van der Waals surface area (Å²) in [5.74, 6) is 0.214. The van der Waals surface area contributed by atoms with Crippen molar-refractivity contribution in [1.82, 2.24) is 4.90 Å². The second kappa shape index (κ2) is 9.53. The molecule has 2 aliphatic rings. The van der Waals surface area contributed by atoms with Crippen molar-refractivity contribution in [2.75, 3.05) is 20.3 Å². The fourth-order valence-corrected chi connectivity index (χ4v) is 4.97. The van der Waals surface area contributed by atoms with Gasteiger partial charge in [0.2, 0.25) is 0 Å². The Morgan fingerprint density at radius 1 is 1.16 bits per heavy atom. The maximum atomic E-state index is 12.8. The first-order valence-corrected chi connectivity index (χ1v) is 11.4. The van der Waals surface area contributed by atoms with Crippen LogP contribution in [0.3, 0.4) is 0 Å². The van der Waals surface area contributed by atoms with Crippen LogP contribution in [0.4, 0.5) is 4.79 Å². The number of rotatable bonds is 6. The number of hydrogen-bond donors (Lipinski definition) is 0. The Balaban J connectivity index is 1.76. The van der Waals surface area contributed by atoms with Gasteiger partial charge in [0.05, 0.1) is 29.5 Å². The molecule has 2 heterocycles.